The van der Waals surface area contributed by atoms with Crippen molar-refractivity contribution in [3.63, 3.8) is 0 Å². The van der Waals surface area contributed by atoms with Crippen molar-refractivity contribution in [2.45, 2.75) is 12.5 Å². The molecule has 0 heterocycles. The van der Waals surface area contributed by atoms with Crippen molar-refractivity contribution in [1.29, 1.82) is 0 Å². The monoisotopic (exact) mass is 357 g/mol. The second-order valence-electron chi connectivity index (χ2n) is 5.61. The number of carbonyl (C=O) groups excluding carboxylic acids is 2. The fraction of sp³-hybridized carbons (Fsp3) is 0.263. The third-order valence-electron chi connectivity index (χ3n) is 3.79. The van der Waals surface area contributed by atoms with Gasteiger partial charge in [0.15, 0.2) is 0 Å². The van der Waals surface area contributed by atoms with Crippen molar-refractivity contribution < 1.29 is 19.1 Å². The van der Waals surface area contributed by atoms with Gasteiger partial charge >= 0.3 is 0 Å². The van der Waals surface area contributed by atoms with Crippen LogP contribution >= 0.6 is 0 Å². The maximum atomic E-state index is 12.3. The molecule has 138 valence electrons. The molecular weight excluding hydrogens is 334 g/mol. The highest BCUT2D eigenvalue weighted by atomic mass is 16.5. The van der Waals surface area contributed by atoms with E-state index in [1.54, 1.807) is 55.6 Å². The Bertz CT molecular complexity index is 725. The Kier molecular flexibility index (Phi) is 7.13. The Morgan fingerprint density at radius 2 is 1.54 bits per heavy atom. The van der Waals surface area contributed by atoms with E-state index in [0.29, 0.717) is 22.7 Å². The minimum atomic E-state index is -0.315. The highest BCUT2D eigenvalue weighted by molar-refractivity contribution is 6.04. The molecule has 1 unspecified atom stereocenters. The summed E-state index contributed by atoms with van der Waals surface area (Å²) in [5.41, 5.74) is 7.25. The van der Waals surface area contributed by atoms with Crippen LogP contribution in [0, 0.1) is 0 Å². The second-order valence-corrected chi connectivity index (χ2v) is 5.61. The van der Waals surface area contributed by atoms with E-state index in [9.17, 15) is 9.59 Å². The molecule has 26 heavy (non-hydrogen) atoms. The molecular formula is C19H23N3O4. The maximum absolute atomic E-state index is 12.3. The summed E-state index contributed by atoms with van der Waals surface area (Å²) in [6, 6.07) is 13.7. The van der Waals surface area contributed by atoms with Crippen LogP contribution in [0.3, 0.4) is 0 Å². The number of methoxy groups -OCH3 is 2. The number of ether oxygens (including phenoxy) is 2. The van der Waals surface area contributed by atoms with Crippen molar-refractivity contribution in [3.05, 3.63) is 54.1 Å². The van der Waals surface area contributed by atoms with E-state index in [0.717, 1.165) is 0 Å². The van der Waals surface area contributed by atoms with Crippen molar-refractivity contribution >= 4 is 23.2 Å². The molecule has 7 nitrogen and oxygen atoms in total. The topological polar surface area (TPSA) is 103 Å². The van der Waals surface area contributed by atoms with Crippen LogP contribution in [-0.2, 0) is 9.53 Å². The molecule has 0 saturated heterocycles. The fourth-order valence-electron chi connectivity index (χ4n) is 2.26. The summed E-state index contributed by atoms with van der Waals surface area (Å²) in [7, 11) is 3.10. The molecule has 0 saturated carbocycles. The van der Waals surface area contributed by atoms with Crippen LogP contribution in [0.25, 0.3) is 0 Å². The zero-order chi connectivity index (χ0) is 18.9. The highest BCUT2D eigenvalue weighted by Crippen LogP contribution is 2.17. The third kappa shape index (κ3) is 5.58. The number of benzene rings is 2. The number of hydrogen-bond acceptors (Lipinski definition) is 5. The first-order valence-electron chi connectivity index (χ1n) is 8.14. The smallest absolute Gasteiger partial charge is 0.255 e. The van der Waals surface area contributed by atoms with E-state index >= 15 is 0 Å². The summed E-state index contributed by atoms with van der Waals surface area (Å²) in [6.45, 7) is 0.272. The van der Waals surface area contributed by atoms with Gasteiger partial charge in [-0.25, -0.2) is 0 Å². The summed E-state index contributed by atoms with van der Waals surface area (Å²) in [4.78, 5) is 24.2. The van der Waals surface area contributed by atoms with Crippen molar-refractivity contribution in [2.24, 2.45) is 5.73 Å². The predicted octanol–water partition coefficient (Wildman–Crippen LogP) is 2.25. The van der Waals surface area contributed by atoms with E-state index in [-0.39, 0.29) is 30.9 Å². The van der Waals surface area contributed by atoms with Gasteiger partial charge in [-0.15, -0.1) is 0 Å². The Morgan fingerprint density at radius 3 is 2.08 bits per heavy atom. The number of amides is 2. The normalized spacial score (nSPS) is 11.5. The van der Waals surface area contributed by atoms with E-state index in [1.165, 1.54) is 7.11 Å². The summed E-state index contributed by atoms with van der Waals surface area (Å²) in [5.74, 6) is 0.279. The van der Waals surface area contributed by atoms with Crippen LogP contribution in [0.15, 0.2) is 48.5 Å². The number of hydrogen-bond donors (Lipinski definition) is 3. The summed E-state index contributed by atoms with van der Waals surface area (Å²) >= 11 is 0. The van der Waals surface area contributed by atoms with Gasteiger partial charge in [-0.2, -0.15) is 0 Å². The highest BCUT2D eigenvalue weighted by Gasteiger charge is 2.12. The summed E-state index contributed by atoms with van der Waals surface area (Å²) in [5, 5.41) is 5.55. The first-order valence-corrected chi connectivity index (χ1v) is 8.14. The molecule has 0 spiro atoms. The van der Waals surface area contributed by atoms with Crippen molar-refractivity contribution in [2.75, 3.05) is 31.4 Å². The maximum Gasteiger partial charge on any atom is 0.255 e. The van der Waals surface area contributed by atoms with Crippen LogP contribution in [0.2, 0.25) is 0 Å². The lowest BCUT2D eigenvalue weighted by Crippen LogP contribution is -2.28. The minimum Gasteiger partial charge on any atom is -0.497 e. The van der Waals surface area contributed by atoms with Gasteiger partial charge in [0.2, 0.25) is 5.91 Å². The van der Waals surface area contributed by atoms with Gasteiger partial charge in [0.05, 0.1) is 19.6 Å². The Hall–Kier alpha value is -2.90. The lowest BCUT2D eigenvalue weighted by atomic mass is 10.1. The number of nitrogens with two attached hydrogens (primary N) is 1. The molecule has 0 aliphatic heterocycles. The van der Waals surface area contributed by atoms with E-state index in [4.69, 9.17) is 15.2 Å². The quantitative estimate of drug-likeness (QED) is 0.672. The predicted molar refractivity (Wildman–Crippen MR) is 100 cm³/mol. The van der Waals surface area contributed by atoms with Crippen molar-refractivity contribution in [3.8, 4) is 5.75 Å². The van der Waals surface area contributed by atoms with Crippen LogP contribution in [-0.4, -0.2) is 38.7 Å². The van der Waals surface area contributed by atoms with E-state index in [2.05, 4.69) is 10.6 Å². The van der Waals surface area contributed by atoms with E-state index < -0.39 is 0 Å². The van der Waals surface area contributed by atoms with Crippen LogP contribution in [0.5, 0.6) is 5.75 Å². The Balaban J connectivity index is 1.93. The molecule has 0 aliphatic carbocycles. The van der Waals surface area contributed by atoms with Gasteiger partial charge in [0.25, 0.3) is 5.91 Å². The molecule has 4 N–H and O–H groups in total. The molecule has 0 radical (unpaired) electrons. The number of anilines is 2. The summed E-state index contributed by atoms with van der Waals surface area (Å²) in [6.07, 6.45) is -0.142. The molecule has 7 heteroatoms. The number of rotatable bonds is 8. The molecule has 0 aromatic heterocycles. The number of nitrogens with one attached hydrogen (secondary N) is 2. The number of carbonyl (C=O) groups is 2. The summed E-state index contributed by atoms with van der Waals surface area (Å²) < 4.78 is 10.2. The second kappa shape index (κ2) is 9.55. The van der Waals surface area contributed by atoms with Gasteiger partial charge in [-0.05, 0) is 48.5 Å². The molecule has 2 rings (SSSR count). The van der Waals surface area contributed by atoms with Crippen molar-refractivity contribution in [1.82, 2.24) is 0 Å². The zero-order valence-corrected chi connectivity index (χ0v) is 14.8. The lowest BCUT2D eigenvalue weighted by molar-refractivity contribution is -0.118. The molecule has 0 fully saturated rings. The molecule has 0 aliphatic rings. The fourth-order valence-corrected chi connectivity index (χ4v) is 2.26. The zero-order valence-electron chi connectivity index (χ0n) is 14.8. The van der Waals surface area contributed by atoms with Gasteiger partial charge in [-0.1, -0.05) is 0 Å². The van der Waals surface area contributed by atoms with Gasteiger partial charge in [-0.3, -0.25) is 9.59 Å². The van der Waals surface area contributed by atoms with Gasteiger partial charge in [0, 0.05) is 30.6 Å². The average Bonchev–Trinajstić information content (AvgIpc) is 2.67. The SMILES string of the molecule is COc1ccc(NC(=O)c2ccc(NC(=O)CC(CN)OC)cc2)cc1. The average molecular weight is 357 g/mol. The molecule has 1 atom stereocenters. The van der Waals surface area contributed by atoms with E-state index in [1.807, 2.05) is 0 Å². The Labute approximate surface area is 152 Å². The molecule has 2 amide bonds. The van der Waals surface area contributed by atoms with Crippen LogP contribution in [0.1, 0.15) is 16.8 Å². The molecule has 0 bridgehead atoms. The molecule has 2 aromatic rings. The van der Waals surface area contributed by atoms with Gasteiger partial charge in [0.1, 0.15) is 5.75 Å². The lowest BCUT2D eigenvalue weighted by Gasteiger charge is -2.12. The first-order chi connectivity index (χ1) is 12.5. The van der Waals surface area contributed by atoms with Crippen LogP contribution < -0.4 is 21.1 Å². The van der Waals surface area contributed by atoms with Gasteiger partial charge < -0.3 is 25.8 Å². The third-order valence-corrected chi connectivity index (χ3v) is 3.79. The van der Waals surface area contributed by atoms with Crippen LogP contribution in [0.4, 0.5) is 11.4 Å². The standard InChI is InChI=1S/C19H23N3O4/c1-25-16-9-7-15(8-10-16)22-19(24)13-3-5-14(6-4-13)21-18(23)11-17(12-20)26-2/h3-10,17H,11-12,20H2,1-2H3,(H,21,23)(H,22,24). The molecule has 2 aromatic carbocycles. The largest absolute Gasteiger partial charge is 0.497 e. The minimum absolute atomic E-state index is 0.173. The Morgan fingerprint density at radius 1 is 0.962 bits per heavy atom. The first kappa shape index (κ1) is 19.4.